The van der Waals surface area contributed by atoms with Gasteiger partial charge in [-0.15, -0.1) is 0 Å². The van der Waals surface area contributed by atoms with Gasteiger partial charge in [-0.2, -0.15) is 0 Å². The molecule has 0 saturated carbocycles. The van der Waals surface area contributed by atoms with Crippen molar-refractivity contribution in [1.82, 2.24) is 4.90 Å². The van der Waals surface area contributed by atoms with E-state index in [4.69, 9.17) is 9.47 Å². The van der Waals surface area contributed by atoms with Gasteiger partial charge in [0.05, 0.1) is 25.8 Å². The Kier molecular flexibility index (Phi) is 3.97. The van der Waals surface area contributed by atoms with Crippen molar-refractivity contribution in [3.8, 4) is 0 Å². The highest BCUT2D eigenvalue weighted by Crippen LogP contribution is 2.17. The number of hydrogen-bond donors (Lipinski definition) is 0. The maximum Gasteiger partial charge on any atom is 0.410 e. The van der Waals surface area contributed by atoms with E-state index in [1.165, 1.54) is 0 Å². The minimum atomic E-state index is -0.430. The first-order chi connectivity index (χ1) is 7.28. The van der Waals surface area contributed by atoms with Gasteiger partial charge in [-0.05, 0) is 27.7 Å². The number of carbonyl (C=O) groups excluding carboxylic acids is 1. The van der Waals surface area contributed by atoms with Gasteiger partial charge in [0.2, 0.25) is 0 Å². The zero-order valence-corrected chi connectivity index (χ0v) is 10.6. The zero-order valence-electron chi connectivity index (χ0n) is 10.6. The van der Waals surface area contributed by atoms with E-state index in [1.54, 1.807) is 4.90 Å². The lowest BCUT2D eigenvalue weighted by Gasteiger charge is -2.39. The van der Waals surface area contributed by atoms with Crippen LogP contribution in [-0.4, -0.2) is 42.4 Å². The Hall–Kier alpha value is -1.03. The van der Waals surface area contributed by atoms with Crippen LogP contribution < -0.4 is 0 Å². The monoisotopic (exact) mass is 227 g/mol. The summed E-state index contributed by atoms with van der Waals surface area (Å²) in [5, 5.41) is 0. The predicted octanol–water partition coefficient (Wildman–Crippen LogP) is 2.20. The van der Waals surface area contributed by atoms with E-state index in [-0.39, 0.29) is 12.2 Å². The fourth-order valence-corrected chi connectivity index (χ4v) is 1.28. The highest BCUT2D eigenvalue weighted by atomic mass is 16.6. The molecular weight excluding hydrogens is 206 g/mol. The largest absolute Gasteiger partial charge is 0.444 e. The van der Waals surface area contributed by atoms with Crippen LogP contribution in [-0.2, 0) is 9.47 Å². The number of likely N-dealkylation sites (tertiary alicyclic amines) is 1. The molecule has 1 rings (SSSR count). The Balaban J connectivity index is 2.20. The quantitative estimate of drug-likeness (QED) is 0.694. The van der Waals surface area contributed by atoms with E-state index < -0.39 is 5.60 Å². The molecule has 0 radical (unpaired) electrons. The van der Waals surface area contributed by atoms with Gasteiger partial charge in [0.25, 0.3) is 0 Å². The summed E-state index contributed by atoms with van der Waals surface area (Å²) < 4.78 is 10.7. The molecule has 16 heavy (non-hydrogen) atoms. The number of carbonyl (C=O) groups is 1. The Morgan fingerprint density at radius 1 is 1.44 bits per heavy atom. The van der Waals surface area contributed by atoms with Crippen molar-refractivity contribution < 1.29 is 14.3 Å². The van der Waals surface area contributed by atoms with E-state index in [2.05, 4.69) is 6.58 Å². The summed E-state index contributed by atoms with van der Waals surface area (Å²) in [6.45, 7) is 13.1. The van der Waals surface area contributed by atoms with Crippen LogP contribution >= 0.6 is 0 Å². The molecule has 0 spiro atoms. The lowest BCUT2D eigenvalue weighted by molar-refractivity contribution is -0.0571. The number of hydrogen-bond acceptors (Lipinski definition) is 3. The normalized spacial score (nSPS) is 16.9. The van der Waals surface area contributed by atoms with E-state index in [0.717, 1.165) is 5.57 Å². The molecule has 1 amide bonds. The summed E-state index contributed by atoms with van der Waals surface area (Å²) in [7, 11) is 0. The second kappa shape index (κ2) is 4.87. The van der Waals surface area contributed by atoms with Crippen LogP contribution in [0.15, 0.2) is 12.2 Å². The third-order valence-electron chi connectivity index (χ3n) is 2.07. The van der Waals surface area contributed by atoms with Crippen molar-refractivity contribution >= 4 is 6.09 Å². The molecule has 0 aromatic rings. The first kappa shape index (κ1) is 13.0. The average molecular weight is 227 g/mol. The Morgan fingerprint density at radius 3 is 2.44 bits per heavy atom. The molecule has 1 aliphatic rings. The molecule has 92 valence electrons. The molecule has 0 atom stereocenters. The van der Waals surface area contributed by atoms with Crippen LogP contribution in [0.3, 0.4) is 0 Å². The summed E-state index contributed by atoms with van der Waals surface area (Å²) >= 11 is 0. The minimum absolute atomic E-state index is 0.129. The topological polar surface area (TPSA) is 38.8 Å². The van der Waals surface area contributed by atoms with Crippen LogP contribution in [0.1, 0.15) is 27.7 Å². The molecule has 0 bridgehead atoms. The maximum atomic E-state index is 11.6. The maximum absolute atomic E-state index is 11.6. The summed E-state index contributed by atoms with van der Waals surface area (Å²) in [4.78, 5) is 13.2. The molecular formula is C12H21NO3. The highest BCUT2D eigenvalue weighted by Gasteiger charge is 2.34. The van der Waals surface area contributed by atoms with Crippen molar-refractivity contribution in [2.75, 3.05) is 19.7 Å². The molecule has 1 heterocycles. The molecule has 1 aliphatic heterocycles. The average Bonchev–Trinajstić information content (AvgIpc) is 1.96. The van der Waals surface area contributed by atoms with Gasteiger partial charge >= 0.3 is 6.09 Å². The third kappa shape index (κ3) is 4.23. The van der Waals surface area contributed by atoms with Gasteiger partial charge in [0.15, 0.2) is 0 Å². The number of amides is 1. The van der Waals surface area contributed by atoms with Crippen molar-refractivity contribution in [2.45, 2.75) is 39.4 Å². The molecule has 0 unspecified atom stereocenters. The second-order valence-electron chi connectivity index (χ2n) is 5.28. The highest BCUT2D eigenvalue weighted by molar-refractivity contribution is 5.69. The predicted molar refractivity (Wildman–Crippen MR) is 62.4 cm³/mol. The van der Waals surface area contributed by atoms with Gasteiger partial charge in [0, 0.05) is 0 Å². The fourth-order valence-electron chi connectivity index (χ4n) is 1.28. The molecule has 1 saturated heterocycles. The minimum Gasteiger partial charge on any atom is -0.444 e. The number of ether oxygens (including phenoxy) is 2. The first-order valence-electron chi connectivity index (χ1n) is 5.52. The van der Waals surface area contributed by atoms with E-state index in [0.29, 0.717) is 19.7 Å². The second-order valence-corrected chi connectivity index (χ2v) is 5.28. The van der Waals surface area contributed by atoms with Crippen LogP contribution in [0.2, 0.25) is 0 Å². The van der Waals surface area contributed by atoms with Gasteiger partial charge in [0.1, 0.15) is 5.60 Å². The van der Waals surface area contributed by atoms with Crippen LogP contribution in [0.5, 0.6) is 0 Å². The van der Waals surface area contributed by atoms with Crippen LogP contribution in [0.4, 0.5) is 4.79 Å². The molecule has 0 aromatic heterocycles. The summed E-state index contributed by atoms with van der Waals surface area (Å²) in [6, 6.07) is 0. The van der Waals surface area contributed by atoms with E-state index in [9.17, 15) is 4.79 Å². The third-order valence-corrected chi connectivity index (χ3v) is 2.07. The lowest BCUT2D eigenvalue weighted by Crippen LogP contribution is -2.56. The van der Waals surface area contributed by atoms with Crippen molar-refractivity contribution in [2.24, 2.45) is 0 Å². The first-order valence-corrected chi connectivity index (χ1v) is 5.52. The Morgan fingerprint density at radius 2 is 2.00 bits per heavy atom. The standard InChI is InChI=1S/C12H21NO3/c1-9(2)8-15-10-6-13(7-10)11(14)16-12(3,4)5/h10H,1,6-8H2,2-5H3. The van der Waals surface area contributed by atoms with E-state index >= 15 is 0 Å². The molecule has 0 N–H and O–H groups in total. The summed E-state index contributed by atoms with van der Waals surface area (Å²) in [5.41, 5.74) is 0.566. The molecule has 1 fully saturated rings. The van der Waals surface area contributed by atoms with Crippen LogP contribution in [0, 0.1) is 0 Å². The van der Waals surface area contributed by atoms with Gasteiger partial charge < -0.3 is 14.4 Å². The van der Waals surface area contributed by atoms with Gasteiger partial charge in [-0.3, -0.25) is 0 Å². The van der Waals surface area contributed by atoms with Crippen molar-refractivity contribution in [3.63, 3.8) is 0 Å². The smallest absolute Gasteiger partial charge is 0.410 e. The molecule has 4 nitrogen and oxygen atoms in total. The molecule has 4 heteroatoms. The fraction of sp³-hybridized carbons (Fsp3) is 0.750. The Labute approximate surface area is 97.2 Å². The van der Waals surface area contributed by atoms with Gasteiger partial charge in [-0.25, -0.2) is 4.79 Å². The van der Waals surface area contributed by atoms with Gasteiger partial charge in [-0.1, -0.05) is 12.2 Å². The van der Waals surface area contributed by atoms with Crippen LogP contribution in [0.25, 0.3) is 0 Å². The summed E-state index contributed by atoms with van der Waals surface area (Å²) in [6.07, 6.45) is -0.133. The molecule has 0 aromatic carbocycles. The SMILES string of the molecule is C=C(C)COC1CN(C(=O)OC(C)(C)C)C1. The number of rotatable bonds is 3. The van der Waals surface area contributed by atoms with Crippen molar-refractivity contribution in [3.05, 3.63) is 12.2 Å². The van der Waals surface area contributed by atoms with Crippen molar-refractivity contribution in [1.29, 1.82) is 0 Å². The zero-order chi connectivity index (χ0) is 12.3. The lowest BCUT2D eigenvalue weighted by atomic mass is 10.1. The Bertz CT molecular complexity index is 274. The number of nitrogens with zero attached hydrogens (tertiary/aromatic N) is 1. The summed E-state index contributed by atoms with van der Waals surface area (Å²) in [5.74, 6) is 0. The van der Waals surface area contributed by atoms with E-state index in [1.807, 2.05) is 27.7 Å². The molecule has 0 aliphatic carbocycles.